The molecule has 2 aliphatic rings. The number of epoxide rings is 2. The summed E-state index contributed by atoms with van der Waals surface area (Å²) in [5.74, 6) is 3.18. The molecule has 2 aliphatic heterocycles. The first-order valence-electron chi connectivity index (χ1n) is 12.8. The van der Waals surface area contributed by atoms with E-state index in [1.54, 1.807) is 20.5 Å². The Bertz CT molecular complexity index is 1170. The molecule has 0 amide bonds. The highest BCUT2D eigenvalue weighted by molar-refractivity contribution is 5.58. The number of hydrogen-bond donors (Lipinski definition) is 0. The fourth-order valence-corrected chi connectivity index (χ4v) is 4.61. The Hall–Kier alpha value is -3.68. The van der Waals surface area contributed by atoms with E-state index in [1.165, 1.54) is 0 Å². The monoisotopic (exact) mass is 518 g/mol. The molecule has 0 N–H and O–H groups in total. The molecule has 5 rings (SSSR count). The van der Waals surface area contributed by atoms with Gasteiger partial charge in [-0.05, 0) is 71.5 Å². The van der Waals surface area contributed by atoms with E-state index in [9.17, 15) is 0 Å². The van der Waals surface area contributed by atoms with Crippen molar-refractivity contribution in [3.05, 3.63) is 96.0 Å². The Morgan fingerprint density at radius 2 is 1.32 bits per heavy atom. The smallest absolute Gasteiger partial charge is 0.161 e. The largest absolute Gasteiger partial charge is 0.493 e. The third-order valence-corrected chi connectivity index (χ3v) is 6.68. The number of methoxy groups -OCH3 is 2. The Kier molecular flexibility index (Phi) is 8.05. The third-order valence-electron chi connectivity index (χ3n) is 6.68. The summed E-state index contributed by atoms with van der Waals surface area (Å²) in [4.78, 5) is 0. The van der Waals surface area contributed by atoms with Crippen molar-refractivity contribution in [2.45, 2.75) is 31.0 Å². The van der Waals surface area contributed by atoms with Gasteiger partial charge in [-0.2, -0.15) is 0 Å². The summed E-state index contributed by atoms with van der Waals surface area (Å²) in [7, 11) is 3.30. The maximum Gasteiger partial charge on any atom is 0.161 e. The number of rotatable bonds is 15. The lowest BCUT2D eigenvalue weighted by molar-refractivity contribution is 0.251. The summed E-state index contributed by atoms with van der Waals surface area (Å²) < 4.78 is 40.5. The van der Waals surface area contributed by atoms with E-state index in [0.717, 1.165) is 28.0 Å². The second kappa shape index (κ2) is 11.8. The van der Waals surface area contributed by atoms with Gasteiger partial charge in [-0.3, -0.25) is 0 Å². The molecule has 2 saturated heterocycles. The van der Waals surface area contributed by atoms with Crippen LogP contribution >= 0.6 is 0 Å². The molecule has 3 aromatic rings. The molecule has 0 bridgehead atoms. The van der Waals surface area contributed by atoms with E-state index in [0.29, 0.717) is 62.3 Å². The summed E-state index contributed by atoms with van der Waals surface area (Å²) in [6.07, 6.45) is 6.99. The standard InChI is InChI=1S/C31H34O7/c1-5-8-20-12-27(32-3)29(37-18-22-16-35-22)14-24(20)31(26-10-7-11-34-26)25-15-30(38-19-23-17-36-23)28(33-4)13-21(25)9-6-2/h5-7,10-15,22-23,31H,1-2,8-9,16-19H2,3-4H3. The van der Waals surface area contributed by atoms with Gasteiger partial charge in [0.15, 0.2) is 23.0 Å². The number of ether oxygens (including phenoxy) is 6. The molecule has 2 fully saturated rings. The van der Waals surface area contributed by atoms with E-state index >= 15 is 0 Å². The van der Waals surface area contributed by atoms with Crippen LogP contribution in [-0.4, -0.2) is 52.9 Å². The predicted molar refractivity (Wildman–Crippen MR) is 144 cm³/mol. The first-order valence-corrected chi connectivity index (χ1v) is 12.8. The summed E-state index contributed by atoms with van der Waals surface area (Å²) in [5, 5.41) is 0. The zero-order chi connectivity index (χ0) is 26.5. The van der Waals surface area contributed by atoms with Gasteiger partial charge in [-0.15, -0.1) is 13.2 Å². The fraction of sp³-hybridized carbons (Fsp3) is 0.355. The molecule has 200 valence electrons. The van der Waals surface area contributed by atoms with Crippen molar-refractivity contribution in [3.8, 4) is 23.0 Å². The lowest BCUT2D eigenvalue weighted by Crippen LogP contribution is -2.12. The average Bonchev–Trinajstić information content (AvgIpc) is 3.87. The average molecular weight is 519 g/mol. The van der Waals surface area contributed by atoms with Crippen LogP contribution in [0.4, 0.5) is 0 Å². The van der Waals surface area contributed by atoms with E-state index < -0.39 is 0 Å². The molecule has 2 atom stereocenters. The van der Waals surface area contributed by atoms with Gasteiger partial charge in [-0.25, -0.2) is 0 Å². The van der Waals surface area contributed by atoms with E-state index in [2.05, 4.69) is 13.2 Å². The molecule has 0 spiro atoms. The van der Waals surface area contributed by atoms with Crippen LogP contribution in [0, 0.1) is 0 Å². The molecule has 0 aliphatic carbocycles. The number of hydrogen-bond acceptors (Lipinski definition) is 7. The van der Waals surface area contributed by atoms with Gasteiger partial charge in [0.25, 0.3) is 0 Å². The van der Waals surface area contributed by atoms with Crippen LogP contribution in [0.5, 0.6) is 23.0 Å². The zero-order valence-corrected chi connectivity index (χ0v) is 21.9. The minimum absolute atomic E-state index is 0.118. The summed E-state index contributed by atoms with van der Waals surface area (Å²) in [6, 6.07) is 12.0. The van der Waals surface area contributed by atoms with Gasteiger partial charge in [0.2, 0.25) is 0 Å². The van der Waals surface area contributed by atoms with Gasteiger partial charge in [0.1, 0.15) is 31.2 Å². The van der Waals surface area contributed by atoms with Crippen LogP contribution < -0.4 is 18.9 Å². The van der Waals surface area contributed by atoms with Gasteiger partial charge in [0.05, 0.1) is 39.6 Å². The molecule has 0 radical (unpaired) electrons. The van der Waals surface area contributed by atoms with Crippen LogP contribution in [0.25, 0.3) is 0 Å². The maximum atomic E-state index is 6.16. The molecule has 7 nitrogen and oxygen atoms in total. The van der Waals surface area contributed by atoms with Gasteiger partial charge in [-0.1, -0.05) is 12.2 Å². The van der Waals surface area contributed by atoms with Crippen LogP contribution in [-0.2, 0) is 22.3 Å². The van der Waals surface area contributed by atoms with E-state index in [4.69, 9.17) is 32.8 Å². The Balaban J connectivity index is 1.67. The Labute approximate surface area is 223 Å². The van der Waals surface area contributed by atoms with Gasteiger partial charge < -0.3 is 32.8 Å². The first kappa shape index (κ1) is 25.9. The molecule has 3 heterocycles. The first-order chi connectivity index (χ1) is 18.6. The highest BCUT2D eigenvalue weighted by Gasteiger charge is 2.30. The normalized spacial score (nSPS) is 18.4. The lowest BCUT2D eigenvalue weighted by Gasteiger charge is -2.25. The fourth-order valence-electron chi connectivity index (χ4n) is 4.61. The van der Waals surface area contributed by atoms with Crippen LogP contribution in [0.15, 0.2) is 72.4 Å². The Morgan fingerprint density at radius 3 is 1.68 bits per heavy atom. The van der Waals surface area contributed by atoms with Crippen LogP contribution in [0.3, 0.4) is 0 Å². The topological polar surface area (TPSA) is 75.1 Å². The van der Waals surface area contributed by atoms with E-state index in [1.807, 2.05) is 48.6 Å². The minimum Gasteiger partial charge on any atom is -0.493 e. The van der Waals surface area contributed by atoms with Crippen molar-refractivity contribution in [2.75, 3.05) is 40.6 Å². The van der Waals surface area contributed by atoms with Crippen molar-refractivity contribution in [2.24, 2.45) is 0 Å². The van der Waals surface area contributed by atoms with Crippen LogP contribution in [0.2, 0.25) is 0 Å². The predicted octanol–water partition coefficient (Wildman–Crippen LogP) is 5.49. The molecule has 38 heavy (non-hydrogen) atoms. The molecule has 2 unspecified atom stereocenters. The summed E-state index contributed by atoms with van der Waals surface area (Å²) >= 11 is 0. The number of furan rings is 1. The Morgan fingerprint density at radius 1 is 0.816 bits per heavy atom. The third kappa shape index (κ3) is 5.90. The number of allylic oxidation sites excluding steroid dienone is 2. The second-order valence-electron chi connectivity index (χ2n) is 9.37. The van der Waals surface area contributed by atoms with Gasteiger partial charge in [0, 0.05) is 0 Å². The minimum atomic E-state index is -0.259. The number of benzene rings is 2. The molecule has 7 heteroatoms. The second-order valence-corrected chi connectivity index (χ2v) is 9.37. The van der Waals surface area contributed by atoms with Crippen molar-refractivity contribution >= 4 is 0 Å². The quantitative estimate of drug-likeness (QED) is 0.195. The molecular weight excluding hydrogens is 484 g/mol. The lowest BCUT2D eigenvalue weighted by atomic mass is 9.82. The van der Waals surface area contributed by atoms with Crippen LogP contribution in [0.1, 0.15) is 33.9 Å². The molecule has 0 saturated carbocycles. The zero-order valence-electron chi connectivity index (χ0n) is 21.9. The maximum absolute atomic E-state index is 6.16. The van der Waals surface area contributed by atoms with Crippen molar-refractivity contribution in [3.63, 3.8) is 0 Å². The van der Waals surface area contributed by atoms with Crippen molar-refractivity contribution in [1.29, 1.82) is 0 Å². The molecule has 2 aromatic carbocycles. The summed E-state index contributed by atoms with van der Waals surface area (Å²) in [6.45, 7) is 10.3. The van der Waals surface area contributed by atoms with Crippen molar-refractivity contribution < 1.29 is 32.8 Å². The van der Waals surface area contributed by atoms with Gasteiger partial charge >= 0.3 is 0 Å². The molecule has 1 aromatic heterocycles. The highest BCUT2D eigenvalue weighted by Crippen LogP contribution is 2.44. The molecular formula is C31H34O7. The summed E-state index contributed by atoms with van der Waals surface area (Å²) in [5.41, 5.74) is 4.17. The SMILES string of the molecule is C=CCc1cc(OC)c(OCC2CO2)cc1C(c1ccco1)c1cc(OCC2CO2)c(OC)cc1CC=C. The highest BCUT2D eigenvalue weighted by atomic mass is 16.6. The van der Waals surface area contributed by atoms with E-state index in [-0.39, 0.29) is 18.1 Å². The van der Waals surface area contributed by atoms with Crippen molar-refractivity contribution in [1.82, 2.24) is 0 Å².